The minimum Gasteiger partial charge on any atom is -0.494 e. The van der Waals surface area contributed by atoms with Gasteiger partial charge in [0.25, 0.3) is 0 Å². The van der Waals surface area contributed by atoms with Gasteiger partial charge in [0, 0.05) is 12.1 Å². The van der Waals surface area contributed by atoms with E-state index in [9.17, 15) is 0 Å². The number of benzene rings is 1. The monoisotopic (exact) mass is 261 g/mol. The molecule has 1 N–H and O–H groups in total. The second kappa shape index (κ2) is 7.19. The molecule has 1 aromatic carbocycles. The van der Waals surface area contributed by atoms with Crippen molar-refractivity contribution in [2.75, 3.05) is 13.2 Å². The van der Waals surface area contributed by atoms with Gasteiger partial charge in [-0.1, -0.05) is 18.2 Å². The molecule has 96 valence electrons. The molecule has 0 aliphatic heterocycles. The summed E-state index contributed by atoms with van der Waals surface area (Å²) in [7, 11) is 0. The molecule has 0 bridgehead atoms. The number of rotatable bonds is 7. The second-order valence-electron chi connectivity index (χ2n) is 4.10. The van der Waals surface area contributed by atoms with Gasteiger partial charge in [0.15, 0.2) is 0 Å². The summed E-state index contributed by atoms with van der Waals surface area (Å²) in [4.78, 5) is 0. The zero-order chi connectivity index (χ0) is 12.6. The van der Waals surface area contributed by atoms with Gasteiger partial charge in [-0.05, 0) is 48.3 Å². The minimum atomic E-state index is 0.714. The number of hydrogen-bond donors (Lipinski definition) is 1. The molecule has 0 saturated carbocycles. The van der Waals surface area contributed by atoms with E-state index in [1.165, 1.54) is 11.1 Å². The van der Waals surface area contributed by atoms with Gasteiger partial charge >= 0.3 is 0 Å². The van der Waals surface area contributed by atoms with Crippen LogP contribution >= 0.6 is 11.3 Å². The lowest BCUT2D eigenvalue weighted by molar-refractivity contribution is 0.335. The van der Waals surface area contributed by atoms with Crippen LogP contribution in [0.15, 0.2) is 41.1 Å². The van der Waals surface area contributed by atoms with E-state index in [4.69, 9.17) is 4.74 Å². The SMILES string of the molecule is CCOc1ccccc1CNCCc1ccsc1. The highest BCUT2D eigenvalue weighted by Crippen LogP contribution is 2.17. The van der Waals surface area contributed by atoms with Crippen LogP contribution in [0, 0.1) is 0 Å². The van der Waals surface area contributed by atoms with Crippen molar-refractivity contribution >= 4 is 11.3 Å². The van der Waals surface area contributed by atoms with Crippen molar-refractivity contribution in [3.63, 3.8) is 0 Å². The summed E-state index contributed by atoms with van der Waals surface area (Å²) in [6.45, 7) is 4.59. The van der Waals surface area contributed by atoms with Crippen LogP contribution in [0.5, 0.6) is 5.75 Å². The molecule has 1 aromatic heterocycles. The van der Waals surface area contributed by atoms with Gasteiger partial charge in [-0.2, -0.15) is 11.3 Å². The second-order valence-corrected chi connectivity index (χ2v) is 4.88. The van der Waals surface area contributed by atoms with Gasteiger partial charge in [-0.3, -0.25) is 0 Å². The van der Waals surface area contributed by atoms with Gasteiger partial charge in [-0.25, -0.2) is 0 Å². The van der Waals surface area contributed by atoms with E-state index < -0.39 is 0 Å². The Bertz CT molecular complexity index is 453. The highest BCUT2D eigenvalue weighted by atomic mass is 32.1. The molecule has 0 fully saturated rings. The van der Waals surface area contributed by atoms with Crippen molar-refractivity contribution in [3.8, 4) is 5.75 Å². The Balaban J connectivity index is 1.79. The van der Waals surface area contributed by atoms with Gasteiger partial charge in [0.1, 0.15) is 5.75 Å². The van der Waals surface area contributed by atoms with Crippen molar-refractivity contribution in [3.05, 3.63) is 52.2 Å². The molecule has 0 aliphatic rings. The molecule has 0 saturated heterocycles. The smallest absolute Gasteiger partial charge is 0.123 e. The maximum absolute atomic E-state index is 5.60. The normalized spacial score (nSPS) is 10.5. The number of thiophene rings is 1. The van der Waals surface area contributed by atoms with E-state index in [1.807, 2.05) is 19.1 Å². The summed E-state index contributed by atoms with van der Waals surface area (Å²) in [6.07, 6.45) is 1.08. The number of para-hydroxylation sites is 1. The van der Waals surface area contributed by atoms with E-state index in [-0.39, 0.29) is 0 Å². The molecular weight excluding hydrogens is 242 g/mol. The Labute approximate surface area is 113 Å². The average molecular weight is 261 g/mol. The predicted octanol–water partition coefficient (Wildman–Crippen LogP) is 3.48. The molecule has 0 amide bonds. The summed E-state index contributed by atoms with van der Waals surface area (Å²) in [5.41, 5.74) is 2.63. The fraction of sp³-hybridized carbons (Fsp3) is 0.333. The lowest BCUT2D eigenvalue weighted by atomic mass is 10.2. The summed E-state index contributed by atoms with van der Waals surface area (Å²) in [6, 6.07) is 10.4. The van der Waals surface area contributed by atoms with Crippen molar-refractivity contribution in [2.24, 2.45) is 0 Å². The van der Waals surface area contributed by atoms with Crippen LogP contribution in [0.4, 0.5) is 0 Å². The van der Waals surface area contributed by atoms with E-state index in [0.717, 1.165) is 25.3 Å². The molecule has 2 aromatic rings. The third-order valence-corrected chi connectivity index (χ3v) is 3.49. The third-order valence-electron chi connectivity index (χ3n) is 2.76. The van der Waals surface area contributed by atoms with Crippen molar-refractivity contribution in [2.45, 2.75) is 19.9 Å². The van der Waals surface area contributed by atoms with Gasteiger partial charge in [-0.15, -0.1) is 0 Å². The number of nitrogens with one attached hydrogen (secondary N) is 1. The third kappa shape index (κ3) is 3.86. The average Bonchev–Trinajstić information content (AvgIpc) is 2.90. The Morgan fingerprint density at radius 3 is 2.89 bits per heavy atom. The van der Waals surface area contributed by atoms with Crippen LogP contribution in [-0.2, 0) is 13.0 Å². The highest BCUT2D eigenvalue weighted by Gasteiger charge is 2.01. The first kappa shape index (κ1) is 13.1. The molecule has 0 spiro atoms. The summed E-state index contributed by atoms with van der Waals surface area (Å²) in [5.74, 6) is 0.989. The molecule has 1 heterocycles. The van der Waals surface area contributed by atoms with Crippen molar-refractivity contribution in [1.82, 2.24) is 5.32 Å². The largest absolute Gasteiger partial charge is 0.494 e. The lowest BCUT2D eigenvalue weighted by Crippen LogP contribution is -2.17. The molecule has 2 nitrogen and oxygen atoms in total. The molecule has 18 heavy (non-hydrogen) atoms. The van der Waals surface area contributed by atoms with Gasteiger partial charge < -0.3 is 10.1 Å². The Morgan fingerprint density at radius 1 is 1.22 bits per heavy atom. The van der Waals surface area contributed by atoms with Crippen molar-refractivity contribution < 1.29 is 4.74 Å². The number of ether oxygens (including phenoxy) is 1. The summed E-state index contributed by atoms with van der Waals surface area (Å²) < 4.78 is 5.60. The van der Waals surface area contributed by atoms with Crippen LogP contribution in [0.1, 0.15) is 18.1 Å². The standard InChI is InChI=1S/C15H19NOS/c1-2-17-15-6-4-3-5-14(15)11-16-9-7-13-8-10-18-12-13/h3-6,8,10,12,16H,2,7,9,11H2,1H3. The number of hydrogen-bond acceptors (Lipinski definition) is 3. The highest BCUT2D eigenvalue weighted by molar-refractivity contribution is 7.07. The summed E-state index contributed by atoms with van der Waals surface area (Å²) >= 11 is 1.76. The van der Waals surface area contributed by atoms with Crippen LogP contribution in [0.2, 0.25) is 0 Å². The Kier molecular flexibility index (Phi) is 5.24. The van der Waals surface area contributed by atoms with Crippen LogP contribution < -0.4 is 10.1 Å². The zero-order valence-corrected chi connectivity index (χ0v) is 11.5. The van der Waals surface area contributed by atoms with Crippen LogP contribution in [0.25, 0.3) is 0 Å². The topological polar surface area (TPSA) is 21.3 Å². The van der Waals surface area contributed by atoms with E-state index in [1.54, 1.807) is 11.3 Å². The first-order valence-corrected chi connectivity index (χ1v) is 7.27. The lowest BCUT2D eigenvalue weighted by Gasteiger charge is -2.10. The minimum absolute atomic E-state index is 0.714. The Morgan fingerprint density at radius 2 is 2.11 bits per heavy atom. The maximum Gasteiger partial charge on any atom is 0.123 e. The molecule has 0 aliphatic carbocycles. The van der Waals surface area contributed by atoms with Crippen molar-refractivity contribution in [1.29, 1.82) is 0 Å². The van der Waals surface area contributed by atoms with Crippen LogP contribution in [-0.4, -0.2) is 13.2 Å². The molecule has 2 rings (SSSR count). The molecular formula is C15H19NOS. The van der Waals surface area contributed by atoms with Gasteiger partial charge in [0.05, 0.1) is 6.61 Å². The van der Waals surface area contributed by atoms with E-state index in [2.05, 4.69) is 34.3 Å². The maximum atomic E-state index is 5.60. The molecule has 0 atom stereocenters. The molecule has 3 heteroatoms. The fourth-order valence-corrected chi connectivity index (χ4v) is 2.54. The van der Waals surface area contributed by atoms with Gasteiger partial charge in [0.2, 0.25) is 0 Å². The zero-order valence-electron chi connectivity index (χ0n) is 10.7. The molecule has 0 unspecified atom stereocenters. The first-order chi connectivity index (χ1) is 8.90. The Hall–Kier alpha value is -1.32. The van der Waals surface area contributed by atoms with E-state index >= 15 is 0 Å². The first-order valence-electron chi connectivity index (χ1n) is 6.32. The van der Waals surface area contributed by atoms with Crippen LogP contribution in [0.3, 0.4) is 0 Å². The summed E-state index contributed by atoms with van der Waals surface area (Å²) in [5, 5.41) is 7.79. The molecule has 0 radical (unpaired) electrons. The quantitative estimate of drug-likeness (QED) is 0.770. The van der Waals surface area contributed by atoms with E-state index in [0.29, 0.717) is 6.61 Å². The fourth-order valence-electron chi connectivity index (χ4n) is 1.84. The predicted molar refractivity (Wildman–Crippen MR) is 77.3 cm³/mol.